The summed E-state index contributed by atoms with van der Waals surface area (Å²) in [7, 11) is 5.68. The van der Waals surface area contributed by atoms with Crippen LogP contribution in [0.2, 0.25) is 0 Å². The third kappa shape index (κ3) is 2.37. The zero-order valence-corrected chi connectivity index (χ0v) is 11.7. The minimum absolute atomic E-state index is 0.567. The first-order chi connectivity index (χ1) is 8.46. The van der Waals surface area contributed by atoms with Crippen LogP contribution in [-0.4, -0.2) is 47.5 Å². The molecule has 102 valence electrons. The van der Waals surface area contributed by atoms with Crippen LogP contribution in [0.5, 0.6) is 5.75 Å². The molecule has 0 radical (unpaired) electrons. The highest BCUT2D eigenvalue weighted by atomic mass is 16.5. The molecule has 1 aliphatic rings. The predicted octanol–water partition coefficient (Wildman–Crippen LogP) is 1.07. The molecule has 0 unspecified atom stereocenters. The molecule has 5 heteroatoms. The molecule has 2 rings (SSSR count). The highest BCUT2D eigenvalue weighted by Gasteiger charge is 2.46. The number of methoxy groups -OCH3 is 1. The molecule has 0 spiro atoms. The number of hydrogen-bond acceptors (Lipinski definition) is 4. The van der Waals surface area contributed by atoms with Gasteiger partial charge in [-0.3, -0.25) is 4.68 Å². The van der Waals surface area contributed by atoms with Gasteiger partial charge in [0.2, 0.25) is 0 Å². The van der Waals surface area contributed by atoms with Crippen molar-refractivity contribution in [2.45, 2.75) is 31.9 Å². The van der Waals surface area contributed by atoms with Crippen LogP contribution >= 0.6 is 0 Å². The summed E-state index contributed by atoms with van der Waals surface area (Å²) < 4.78 is 7.21. The average molecular weight is 253 g/mol. The molecular formula is C13H23N3O2. The quantitative estimate of drug-likeness (QED) is 0.853. The van der Waals surface area contributed by atoms with Crippen LogP contribution in [0.3, 0.4) is 0 Å². The molecule has 18 heavy (non-hydrogen) atoms. The summed E-state index contributed by atoms with van der Waals surface area (Å²) in [6.07, 6.45) is 3.28. The van der Waals surface area contributed by atoms with E-state index >= 15 is 0 Å². The largest absolute Gasteiger partial charge is 0.493 e. The van der Waals surface area contributed by atoms with Gasteiger partial charge in [-0.1, -0.05) is 6.92 Å². The van der Waals surface area contributed by atoms with E-state index in [1.165, 1.54) is 0 Å². The molecule has 5 nitrogen and oxygen atoms in total. The van der Waals surface area contributed by atoms with Crippen molar-refractivity contribution < 1.29 is 9.84 Å². The molecule has 1 heterocycles. The Kier molecular flexibility index (Phi) is 3.64. The summed E-state index contributed by atoms with van der Waals surface area (Å²) in [5.74, 6) is 1.26. The molecule has 1 aromatic heterocycles. The molecule has 1 aliphatic carbocycles. The Morgan fingerprint density at radius 2 is 2.22 bits per heavy atom. The van der Waals surface area contributed by atoms with Gasteiger partial charge in [-0.05, 0) is 32.9 Å². The smallest absolute Gasteiger partial charge is 0.162 e. The number of ether oxygens (including phenoxy) is 1. The standard InChI is InChI=1S/C13H23N3O2/c1-10-7-13(17,8-10)12-11(18-4)9-14-16(12)6-5-15(2)3/h9-10,17H,5-8H2,1-4H3. The van der Waals surface area contributed by atoms with Crippen LogP contribution in [0.4, 0.5) is 0 Å². The number of rotatable bonds is 5. The Bertz CT molecular complexity index is 408. The molecule has 0 aromatic carbocycles. The molecule has 0 bridgehead atoms. The van der Waals surface area contributed by atoms with Crippen molar-refractivity contribution in [2.75, 3.05) is 27.7 Å². The maximum atomic E-state index is 10.6. The second-order valence-electron chi connectivity index (χ2n) is 5.63. The fourth-order valence-electron chi connectivity index (χ4n) is 2.74. The predicted molar refractivity (Wildman–Crippen MR) is 69.6 cm³/mol. The number of aliphatic hydroxyl groups is 1. The minimum atomic E-state index is -0.756. The highest BCUT2D eigenvalue weighted by molar-refractivity contribution is 5.32. The van der Waals surface area contributed by atoms with Gasteiger partial charge in [-0.2, -0.15) is 5.10 Å². The maximum Gasteiger partial charge on any atom is 0.162 e. The van der Waals surface area contributed by atoms with Crippen molar-refractivity contribution in [2.24, 2.45) is 5.92 Å². The topological polar surface area (TPSA) is 50.5 Å². The van der Waals surface area contributed by atoms with Crippen LogP contribution < -0.4 is 4.74 Å². The second kappa shape index (κ2) is 4.90. The van der Waals surface area contributed by atoms with Crippen LogP contribution in [0.1, 0.15) is 25.5 Å². The third-order valence-electron chi connectivity index (χ3n) is 3.60. The number of aromatic nitrogens is 2. The summed E-state index contributed by atoms with van der Waals surface area (Å²) in [6.45, 7) is 3.81. The molecule has 0 amide bonds. The zero-order chi connectivity index (χ0) is 13.3. The van der Waals surface area contributed by atoms with E-state index in [4.69, 9.17) is 4.74 Å². The van der Waals surface area contributed by atoms with Gasteiger partial charge >= 0.3 is 0 Å². The van der Waals surface area contributed by atoms with Crippen LogP contribution in [0.25, 0.3) is 0 Å². The van der Waals surface area contributed by atoms with Crippen molar-refractivity contribution in [3.8, 4) is 5.75 Å². The zero-order valence-electron chi connectivity index (χ0n) is 11.7. The first-order valence-electron chi connectivity index (χ1n) is 6.43. The Hall–Kier alpha value is -1.07. The van der Waals surface area contributed by atoms with Crippen molar-refractivity contribution in [3.05, 3.63) is 11.9 Å². The molecule has 0 saturated heterocycles. The Balaban J connectivity index is 2.23. The summed E-state index contributed by atoms with van der Waals surface area (Å²) in [5, 5.41) is 15.0. The fraction of sp³-hybridized carbons (Fsp3) is 0.769. The SMILES string of the molecule is COc1cnn(CCN(C)C)c1C1(O)CC(C)C1. The van der Waals surface area contributed by atoms with E-state index in [0.717, 1.165) is 31.6 Å². The number of likely N-dealkylation sites (N-methyl/N-ethyl adjacent to an activating group) is 1. The normalized spacial score (nSPS) is 27.3. The lowest BCUT2D eigenvalue weighted by atomic mass is 9.70. The van der Waals surface area contributed by atoms with Gasteiger partial charge in [-0.15, -0.1) is 0 Å². The maximum absolute atomic E-state index is 10.6. The van der Waals surface area contributed by atoms with Crippen LogP contribution in [-0.2, 0) is 12.1 Å². The summed E-state index contributed by atoms with van der Waals surface area (Å²) >= 11 is 0. The second-order valence-corrected chi connectivity index (χ2v) is 5.63. The molecular weight excluding hydrogens is 230 g/mol. The van der Waals surface area contributed by atoms with Crippen molar-refractivity contribution in [3.63, 3.8) is 0 Å². The van der Waals surface area contributed by atoms with Crippen molar-refractivity contribution in [1.29, 1.82) is 0 Å². The first-order valence-corrected chi connectivity index (χ1v) is 6.43. The van der Waals surface area contributed by atoms with Crippen LogP contribution in [0, 0.1) is 5.92 Å². The summed E-state index contributed by atoms with van der Waals surface area (Å²) in [6, 6.07) is 0. The van der Waals surface area contributed by atoms with Gasteiger partial charge in [0.15, 0.2) is 5.75 Å². The fourth-order valence-corrected chi connectivity index (χ4v) is 2.74. The number of hydrogen-bond donors (Lipinski definition) is 1. The van der Waals surface area contributed by atoms with Crippen molar-refractivity contribution >= 4 is 0 Å². The van der Waals surface area contributed by atoms with Gasteiger partial charge in [0, 0.05) is 6.54 Å². The molecule has 0 aliphatic heterocycles. The lowest BCUT2D eigenvalue weighted by molar-refractivity contribution is -0.0819. The average Bonchev–Trinajstić information content (AvgIpc) is 2.67. The molecule has 1 aromatic rings. The van der Waals surface area contributed by atoms with Gasteiger partial charge in [-0.25, -0.2) is 0 Å². The Morgan fingerprint density at radius 1 is 1.56 bits per heavy atom. The van der Waals surface area contributed by atoms with Crippen molar-refractivity contribution in [1.82, 2.24) is 14.7 Å². The van der Waals surface area contributed by atoms with E-state index in [1.54, 1.807) is 13.3 Å². The van der Waals surface area contributed by atoms with E-state index in [-0.39, 0.29) is 0 Å². The van der Waals surface area contributed by atoms with Gasteiger partial charge < -0.3 is 14.7 Å². The van der Waals surface area contributed by atoms with E-state index in [2.05, 4.69) is 16.9 Å². The molecule has 1 fully saturated rings. The van der Waals surface area contributed by atoms with E-state index in [0.29, 0.717) is 11.7 Å². The molecule has 1 saturated carbocycles. The summed E-state index contributed by atoms with van der Waals surface area (Å²) in [4.78, 5) is 2.10. The lowest BCUT2D eigenvalue weighted by Crippen LogP contribution is -2.42. The molecule has 0 atom stereocenters. The number of nitrogens with zero attached hydrogens (tertiary/aromatic N) is 3. The van der Waals surface area contributed by atoms with Gasteiger partial charge in [0.1, 0.15) is 11.3 Å². The molecule has 1 N–H and O–H groups in total. The minimum Gasteiger partial charge on any atom is -0.493 e. The lowest BCUT2D eigenvalue weighted by Gasteiger charge is -2.42. The first kappa shape index (κ1) is 13.4. The van der Waals surface area contributed by atoms with E-state index in [9.17, 15) is 5.11 Å². The Morgan fingerprint density at radius 3 is 2.72 bits per heavy atom. The Labute approximate surface area is 108 Å². The monoisotopic (exact) mass is 253 g/mol. The van der Waals surface area contributed by atoms with E-state index < -0.39 is 5.60 Å². The van der Waals surface area contributed by atoms with Crippen LogP contribution in [0.15, 0.2) is 6.20 Å². The van der Waals surface area contributed by atoms with Gasteiger partial charge in [0.25, 0.3) is 0 Å². The highest BCUT2D eigenvalue weighted by Crippen LogP contribution is 2.48. The van der Waals surface area contributed by atoms with E-state index in [1.807, 2.05) is 18.8 Å². The third-order valence-corrected chi connectivity index (χ3v) is 3.60. The van der Waals surface area contributed by atoms with Gasteiger partial charge in [0.05, 0.1) is 19.9 Å². The summed E-state index contributed by atoms with van der Waals surface area (Å²) in [5.41, 5.74) is 0.0815.